The van der Waals surface area contributed by atoms with Gasteiger partial charge < -0.3 is 16.3 Å². The monoisotopic (exact) mass is 231 g/mol. The van der Waals surface area contributed by atoms with E-state index in [1.54, 1.807) is 0 Å². The van der Waals surface area contributed by atoms with Gasteiger partial charge in [-0.05, 0) is 11.1 Å². The quantitative estimate of drug-likeness (QED) is 0.841. The Kier molecular flexibility index (Phi) is 4.84. The largest absolute Gasteiger partial charge is 0.412 e. The lowest BCUT2D eigenvalue weighted by molar-refractivity contribution is 0.147. The van der Waals surface area contributed by atoms with Crippen LogP contribution >= 0.6 is 0 Å². The summed E-state index contributed by atoms with van der Waals surface area (Å²) in [4.78, 5) is 0. The van der Waals surface area contributed by atoms with Crippen molar-refractivity contribution in [1.82, 2.24) is 0 Å². The number of aliphatic hydroxyl groups excluding tert-OH is 1. The number of aliphatic hydroxyl groups is 1. The van der Waals surface area contributed by atoms with Gasteiger partial charge in [0, 0.05) is 0 Å². The van der Waals surface area contributed by atoms with Gasteiger partial charge in [-0.25, -0.2) is 0 Å². The molecule has 0 aliphatic carbocycles. The highest BCUT2D eigenvalue weighted by Crippen LogP contribution is 2.25. The van der Waals surface area contributed by atoms with E-state index in [1.165, 1.54) is 0 Å². The fourth-order valence-electron chi connectivity index (χ4n) is 1.72. The predicted molar refractivity (Wildman–Crippen MR) is 68.4 cm³/mol. The predicted octanol–water partition coefficient (Wildman–Crippen LogP) is 1.60. The van der Waals surface area contributed by atoms with Crippen LogP contribution in [0, 0.1) is 0 Å². The molecule has 3 nitrogen and oxygen atoms in total. The SMILES string of the molecule is N[C@@H](c1ccccc1)[C@H](O)c1ccccc1.O. The van der Waals surface area contributed by atoms with Crippen LogP contribution in [0.2, 0.25) is 0 Å². The Morgan fingerprint density at radius 2 is 1.18 bits per heavy atom. The number of hydrogen-bond acceptors (Lipinski definition) is 2. The van der Waals surface area contributed by atoms with Crippen molar-refractivity contribution in [2.24, 2.45) is 5.73 Å². The molecule has 0 aromatic heterocycles. The van der Waals surface area contributed by atoms with Crippen LogP contribution in [0.5, 0.6) is 0 Å². The molecule has 5 N–H and O–H groups in total. The van der Waals surface area contributed by atoms with E-state index >= 15 is 0 Å². The van der Waals surface area contributed by atoms with Crippen molar-refractivity contribution in [2.45, 2.75) is 12.1 Å². The second-order valence-corrected chi connectivity index (χ2v) is 3.79. The molecule has 0 aliphatic rings. The summed E-state index contributed by atoms with van der Waals surface area (Å²) in [5, 5.41) is 10.1. The van der Waals surface area contributed by atoms with Crippen molar-refractivity contribution in [3.63, 3.8) is 0 Å². The fourth-order valence-corrected chi connectivity index (χ4v) is 1.72. The fraction of sp³-hybridized carbons (Fsp3) is 0.143. The maximum absolute atomic E-state index is 10.1. The van der Waals surface area contributed by atoms with E-state index in [9.17, 15) is 5.11 Å². The third kappa shape index (κ3) is 3.14. The molecule has 0 saturated carbocycles. The highest BCUT2D eigenvalue weighted by atomic mass is 16.3. The van der Waals surface area contributed by atoms with Crippen LogP contribution in [-0.4, -0.2) is 10.6 Å². The van der Waals surface area contributed by atoms with Gasteiger partial charge in [0.05, 0.1) is 12.1 Å². The minimum atomic E-state index is -0.663. The van der Waals surface area contributed by atoms with Crippen molar-refractivity contribution in [3.05, 3.63) is 71.8 Å². The lowest BCUT2D eigenvalue weighted by Gasteiger charge is -2.19. The molecule has 3 heteroatoms. The molecule has 0 spiro atoms. The highest BCUT2D eigenvalue weighted by Gasteiger charge is 2.17. The Hall–Kier alpha value is -1.68. The van der Waals surface area contributed by atoms with Gasteiger partial charge in [-0.2, -0.15) is 0 Å². The molecule has 0 bridgehead atoms. The molecular weight excluding hydrogens is 214 g/mol. The minimum absolute atomic E-state index is 0. The first kappa shape index (κ1) is 13.4. The Balaban J connectivity index is 0.00000144. The molecule has 90 valence electrons. The van der Waals surface area contributed by atoms with Crippen molar-refractivity contribution in [2.75, 3.05) is 0 Å². The summed E-state index contributed by atoms with van der Waals surface area (Å²) < 4.78 is 0. The summed E-state index contributed by atoms with van der Waals surface area (Å²) in [5.41, 5.74) is 7.81. The van der Waals surface area contributed by atoms with Gasteiger partial charge in [0.25, 0.3) is 0 Å². The van der Waals surface area contributed by atoms with E-state index in [-0.39, 0.29) is 11.5 Å². The number of hydrogen-bond donors (Lipinski definition) is 2. The lowest BCUT2D eigenvalue weighted by atomic mass is 9.97. The summed E-state index contributed by atoms with van der Waals surface area (Å²) in [6.45, 7) is 0. The van der Waals surface area contributed by atoms with Crippen LogP contribution in [-0.2, 0) is 0 Å². The zero-order valence-corrected chi connectivity index (χ0v) is 9.45. The third-order valence-corrected chi connectivity index (χ3v) is 2.67. The van der Waals surface area contributed by atoms with E-state index in [0.29, 0.717) is 0 Å². The van der Waals surface area contributed by atoms with Gasteiger partial charge in [0.15, 0.2) is 0 Å². The lowest BCUT2D eigenvalue weighted by Crippen LogP contribution is -2.19. The van der Waals surface area contributed by atoms with Crippen LogP contribution in [0.3, 0.4) is 0 Å². The first-order valence-corrected chi connectivity index (χ1v) is 5.32. The Bertz CT molecular complexity index is 387. The van der Waals surface area contributed by atoms with Gasteiger partial charge in [-0.3, -0.25) is 0 Å². The van der Waals surface area contributed by atoms with Crippen LogP contribution in [0.15, 0.2) is 60.7 Å². The van der Waals surface area contributed by atoms with Crippen molar-refractivity contribution in [1.29, 1.82) is 0 Å². The molecule has 0 fully saturated rings. The molecule has 17 heavy (non-hydrogen) atoms. The summed E-state index contributed by atoms with van der Waals surface area (Å²) >= 11 is 0. The maximum Gasteiger partial charge on any atom is 0.0982 e. The molecule has 2 rings (SSSR count). The molecular formula is C14H17NO2. The number of benzene rings is 2. The molecule has 2 aromatic rings. The molecule has 0 heterocycles. The first-order valence-electron chi connectivity index (χ1n) is 5.32. The van der Waals surface area contributed by atoms with Gasteiger partial charge in [0.2, 0.25) is 0 Å². The molecule has 0 amide bonds. The van der Waals surface area contributed by atoms with Gasteiger partial charge in [0.1, 0.15) is 0 Å². The average Bonchev–Trinajstić information content (AvgIpc) is 2.39. The smallest absolute Gasteiger partial charge is 0.0982 e. The Morgan fingerprint density at radius 1 is 0.765 bits per heavy atom. The zero-order chi connectivity index (χ0) is 11.4. The van der Waals surface area contributed by atoms with E-state index in [4.69, 9.17) is 5.73 Å². The van der Waals surface area contributed by atoms with E-state index in [0.717, 1.165) is 11.1 Å². The van der Waals surface area contributed by atoms with Crippen LogP contribution in [0.25, 0.3) is 0 Å². The summed E-state index contributed by atoms with van der Waals surface area (Å²) in [7, 11) is 0. The minimum Gasteiger partial charge on any atom is -0.412 e. The molecule has 0 saturated heterocycles. The second kappa shape index (κ2) is 6.15. The second-order valence-electron chi connectivity index (χ2n) is 3.79. The van der Waals surface area contributed by atoms with Crippen LogP contribution in [0.1, 0.15) is 23.3 Å². The summed E-state index contributed by atoms with van der Waals surface area (Å²) in [6, 6.07) is 18.7. The molecule has 2 atom stereocenters. The third-order valence-electron chi connectivity index (χ3n) is 2.67. The van der Waals surface area contributed by atoms with E-state index < -0.39 is 6.10 Å². The first-order chi connectivity index (χ1) is 7.79. The number of nitrogens with two attached hydrogens (primary N) is 1. The zero-order valence-electron chi connectivity index (χ0n) is 9.45. The molecule has 2 aromatic carbocycles. The van der Waals surface area contributed by atoms with E-state index in [1.807, 2.05) is 60.7 Å². The van der Waals surface area contributed by atoms with E-state index in [2.05, 4.69) is 0 Å². The molecule has 0 radical (unpaired) electrons. The molecule has 0 unspecified atom stereocenters. The normalized spacial score (nSPS) is 13.5. The van der Waals surface area contributed by atoms with Crippen LogP contribution < -0.4 is 5.73 Å². The average molecular weight is 231 g/mol. The summed E-state index contributed by atoms with van der Waals surface area (Å²) in [5.74, 6) is 0. The standard InChI is InChI=1S/C14H15NO.H2O/c15-13(11-7-3-1-4-8-11)14(16)12-9-5-2-6-10-12;/h1-10,13-14,16H,15H2;1H2/t13-,14+;/m0./s1. The maximum atomic E-state index is 10.1. The van der Waals surface area contributed by atoms with Crippen molar-refractivity contribution in [3.8, 4) is 0 Å². The van der Waals surface area contributed by atoms with Gasteiger partial charge in [-0.1, -0.05) is 60.7 Å². The Labute approximate surface area is 101 Å². The highest BCUT2D eigenvalue weighted by molar-refractivity contribution is 5.25. The number of rotatable bonds is 3. The van der Waals surface area contributed by atoms with Crippen molar-refractivity contribution >= 4 is 0 Å². The van der Waals surface area contributed by atoms with Crippen LogP contribution in [0.4, 0.5) is 0 Å². The Morgan fingerprint density at radius 3 is 1.65 bits per heavy atom. The van der Waals surface area contributed by atoms with Crippen molar-refractivity contribution < 1.29 is 10.6 Å². The topological polar surface area (TPSA) is 77.8 Å². The molecule has 0 aliphatic heterocycles. The summed E-state index contributed by atoms with van der Waals surface area (Å²) in [6.07, 6.45) is -0.663. The van der Waals surface area contributed by atoms with Gasteiger partial charge >= 0.3 is 0 Å². The van der Waals surface area contributed by atoms with Gasteiger partial charge in [-0.15, -0.1) is 0 Å².